The molecule has 0 aromatic rings. The average Bonchev–Trinajstić information content (AvgIpc) is 2.51. The monoisotopic (exact) mass is 334 g/mol. The number of rotatable bonds is 18. The van der Waals surface area contributed by atoms with Crippen LogP contribution in [0.4, 0.5) is 0 Å². The molecule has 0 amide bonds. The third-order valence-corrected chi connectivity index (χ3v) is 4.13. The predicted octanol–water partition coefficient (Wildman–Crippen LogP) is 5.87. The van der Waals surface area contributed by atoms with Crippen LogP contribution in [0.15, 0.2) is 0 Å². The van der Waals surface area contributed by atoms with Crippen molar-refractivity contribution in [2.24, 2.45) is 0 Å². The zero-order valence-corrected chi connectivity index (χ0v) is 15.2. The Hall–Kier alpha value is 0.190. The number of unbranched alkanes of at least 4 members (excludes halogenated alkanes) is 14. The molecule has 0 rings (SSSR count). The van der Waals surface area contributed by atoms with Crippen molar-refractivity contribution in [3.05, 3.63) is 0 Å². The van der Waals surface area contributed by atoms with E-state index in [0.717, 1.165) is 12.8 Å². The molecule has 1 N–H and O–H groups in total. The van der Waals surface area contributed by atoms with Crippen LogP contribution < -0.4 is 0 Å². The van der Waals surface area contributed by atoms with E-state index in [4.69, 9.17) is 5.21 Å². The maximum atomic E-state index is 9.07. The molecule has 0 saturated heterocycles. The zero-order valence-electron chi connectivity index (χ0n) is 14.4. The largest absolute Gasteiger partial charge is 0.580 e. The lowest BCUT2D eigenvalue weighted by atomic mass is 10.0. The molecule has 0 aromatic carbocycles. The molecule has 0 aliphatic heterocycles. The lowest BCUT2D eigenvalue weighted by Crippen LogP contribution is -2.20. The zero-order chi connectivity index (χ0) is 16.3. The van der Waals surface area contributed by atoms with E-state index >= 15 is 0 Å². The molecule has 0 unspecified atom stereocenters. The third-order valence-electron chi connectivity index (χ3n) is 4.07. The summed E-state index contributed by atoms with van der Waals surface area (Å²) in [6.45, 7) is 2.71. The van der Waals surface area contributed by atoms with Gasteiger partial charge in [0.1, 0.15) is 0 Å². The highest BCUT2D eigenvalue weighted by atomic mass is 32.1. The molecular formula is C17H36NO3S-. The van der Waals surface area contributed by atoms with E-state index in [1.165, 1.54) is 83.5 Å². The van der Waals surface area contributed by atoms with Crippen molar-refractivity contribution in [2.45, 2.75) is 103 Å². The number of nitrogens with zero attached hydrogens (tertiary/aromatic N) is 1. The number of hydrogen-bond acceptors (Lipinski definition) is 5. The highest BCUT2D eigenvalue weighted by Crippen LogP contribution is 2.13. The quantitative estimate of drug-likeness (QED) is 0.147. The van der Waals surface area contributed by atoms with E-state index in [1.54, 1.807) is 0 Å². The fourth-order valence-corrected chi connectivity index (χ4v) is 2.76. The minimum Gasteiger partial charge on any atom is -0.580 e. The first kappa shape index (κ1) is 22.2. The van der Waals surface area contributed by atoms with E-state index in [2.05, 4.69) is 29.2 Å². The van der Waals surface area contributed by atoms with E-state index in [-0.39, 0.29) is 0 Å². The van der Waals surface area contributed by atoms with Gasteiger partial charge in [0.05, 0.1) is 6.54 Å². The molecule has 0 fully saturated rings. The minimum atomic E-state index is 0.439. The molecule has 0 atom stereocenters. The molecule has 0 bridgehead atoms. The van der Waals surface area contributed by atoms with Crippen molar-refractivity contribution in [3.8, 4) is 0 Å². The van der Waals surface area contributed by atoms with Gasteiger partial charge in [-0.25, -0.2) is 0 Å². The topological polar surface area (TPSA) is 41.9 Å². The van der Waals surface area contributed by atoms with Gasteiger partial charge in [0.25, 0.3) is 0 Å². The van der Waals surface area contributed by atoms with Crippen LogP contribution in [0.2, 0.25) is 0 Å². The summed E-state index contributed by atoms with van der Waals surface area (Å²) in [6, 6.07) is 0. The molecule has 0 aliphatic carbocycles. The Morgan fingerprint density at radius 3 is 1.41 bits per heavy atom. The lowest BCUT2D eigenvalue weighted by molar-refractivity contribution is -0.466. The first-order valence-corrected chi connectivity index (χ1v) is 9.57. The van der Waals surface area contributed by atoms with E-state index in [9.17, 15) is 0 Å². The highest BCUT2D eigenvalue weighted by Gasteiger charge is 1.99. The lowest BCUT2D eigenvalue weighted by Gasteiger charge is -2.14. The van der Waals surface area contributed by atoms with E-state index in [0.29, 0.717) is 11.8 Å². The smallest absolute Gasteiger partial charge is 0.0545 e. The summed E-state index contributed by atoms with van der Waals surface area (Å²) < 4.78 is 3.94. The Labute approximate surface area is 143 Å². The molecule has 22 heavy (non-hydrogen) atoms. The number of hydrogen-bond donors (Lipinski definition) is 1. The van der Waals surface area contributed by atoms with Gasteiger partial charge in [0.15, 0.2) is 0 Å². The Balaban J connectivity index is 3.00. The van der Waals surface area contributed by atoms with Crippen molar-refractivity contribution in [1.29, 1.82) is 0 Å². The predicted molar refractivity (Wildman–Crippen MR) is 93.0 cm³/mol. The van der Waals surface area contributed by atoms with Crippen LogP contribution in [0.5, 0.6) is 0 Å². The van der Waals surface area contributed by atoms with Crippen LogP contribution in [0, 0.1) is 0 Å². The summed E-state index contributed by atoms with van der Waals surface area (Å²) >= 11 is 4.12. The summed E-state index contributed by atoms with van der Waals surface area (Å²) in [5, 5.41) is 9.72. The molecule has 4 nitrogen and oxygen atoms in total. The molecule has 0 spiro atoms. The number of hydroxylamine groups is 2. The first-order chi connectivity index (χ1) is 10.8. The van der Waals surface area contributed by atoms with Crippen molar-refractivity contribution in [2.75, 3.05) is 6.54 Å². The summed E-state index contributed by atoms with van der Waals surface area (Å²) in [7, 11) is 0. The van der Waals surface area contributed by atoms with Gasteiger partial charge in [-0.1, -0.05) is 96.8 Å². The maximum absolute atomic E-state index is 9.07. The fourth-order valence-electron chi connectivity index (χ4n) is 2.69. The molecule has 0 heterocycles. The SMILES string of the molecule is CCCCCCCCCCCCCCCCCN(O)OO[S-]. The highest BCUT2D eigenvalue weighted by molar-refractivity contribution is 7.52. The van der Waals surface area contributed by atoms with E-state index in [1.807, 2.05) is 0 Å². The Morgan fingerprint density at radius 2 is 1.05 bits per heavy atom. The van der Waals surface area contributed by atoms with Gasteiger partial charge in [-0.2, -0.15) is 0 Å². The molecule has 5 heteroatoms. The fraction of sp³-hybridized carbons (Fsp3) is 1.00. The summed E-state index contributed by atoms with van der Waals surface area (Å²) in [5.74, 6) is 0. The molecule has 0 radical (unpaired) electrons. The summed E-state index contributed by atoms with van der Waals surface area (Å²) in [4.78, 5) is 4.26. The van der Waals surface area contributed by atoms with E-state index < -0.39 is 0 Å². The van der Waals surface area contributed by atoms with Crippen molar-refractivity contribution in [3.63, 3.8) is 0 Å². The molecule has 0 aromatic heterocycles. The van der Waals surface area contributed by atoms with Crippen molar-refractivity contribution < 1.29 is 14.5 Å². The van der Waals surface area contributed by atoms with Crippen LogP contribution in [0.1, 0.15) is 103 Å². The Morgan fingerprint density at radius 1 is 0.682 bits per heavy atom. The van der Waals surface area contributed by atoms with Gasteiger partial charge in [-0.3, -0.25) is 5.21 Å². The molecule has 0 aliphatic rings. The summed E-state index contributed by atoms with van der Waals surface area (Å²) in [5.41, 5.74) is 0. The second kappa shape index (κ2) is 19.2. The van der Waals surface area contributed by atoms with Gasteiger partial charge in [0, 0.05) is 0 Å². The second-order valence-corrected chi connectivity index (χ2v) is 6.30. The molecule has 134 valence electrons. The third kappa shape index (κ3) is 18.2. The second-order valence-electron chi connectivity index (χ2n) is 6.17. The van der Waals surface area contributed by atoms with Gasteiger partial charge < -0.3 is 17.2 Å². The van der Waals surface area contributed by atoms with Gasteiger partial charge in [-0.15, -0.1) is 4.99 Å². The average molecular weight is 335 g/mol. The van der Waals surface area contributed by atoms with Crippen molar-refractivity contribution >= 4 is 12.9 Å². The van der Waals surface area contributed by atoms with Crippen molar-refractivity contribution in [1.82, 2.24) is 5.23 Å². The molecule has 0 saturated carbocycles. The first-order valence-electron chi connectivity index (χ1n) is 9.24. The van der Waals surface area contributed by atoms with Crippen LogP contribution in [-0.4, -0.2) is 17.0 Å². The Kier molecular flexibility index (Phi) is 19.4. The van der Waals surface area contributed by atoms with Crippen LogP contribution in [-0.2, 0) is 22.2 Å². The van der Waals surface area contributed by atoms with Gasteiger partial charge >= 0.3 is 0 Å². The van der Waals surface area contributed by atoms with Crippen LogP contribution in [0.3, 0.4) is 0 Å². The van der Waals surface area contributed by atoms with Gasteiger partial charge in [-0.05, 0) is 11.6 Å². The Bertz CT molecular complexity index is 208. The minimum absolute atomic E-state index is 0.439. The molecular weight excluding hydrogens is 298 g/mol. The normalized spacial score (nSPS) is 11.5. The van der Waals surface area contributed by atoms with Crippen LogP contribution >= 0.6 is 0 Å². The van der Waals surface area contributed by atoms with Crippen LogP contribution in [0.25, 0.3) is 0 Å². The maximum Gasteiger partial charge on any atom is 0.0545 e. The van der Waals surface area contributed by atoms with Gasteiger partial charge in [0.2, 0.25) is 0 Å². The standard InChI is InChI=1S/C17H37NO3S/c1-2-3-4-5-6-7-8-9-10-11-12-13-14-15-16-17-18(19)20-21-22/h19,22H,2-17H2,1H3/p-1. The summed E-state index contributed by atoms with van der Waals surface area (Å²) in [6.07, 6.45) is 19.9.